The van der Waals surface area contributed by atoms with Crippen molar-refractivity contribution in [2.45, 2.75) is 45.3 Å². The zero-order valence-electron chi connectivity index (χ0n) is 12.2. The molecule has 0 aromatic carbocycles. The molecule has 18 heavy (non-hydrogen) atoms. The number of rotatable bonds is 10. The van der Waals surface area contributed by atoms with E-state index < -0.39 is 5.54 Å². The van der Waals surface area contributed by atoms with E-state index >= 15 is 0 Å². The molecule has 0 fully saturated rings. The van der Waals surface area contributed by atoms with E-state index in [4.69, 9.17) is 14.2 Å². The minimum absolute atomic E-state index is 0.00925. The molecule has 5 heteroatoms. The topological polar surface area (TPSA) is 56.8 Å². The fourth-order valence-corrected chi connectivity index (χ4v) is 1.96. The zero-order chi connectivity index (χ0) is 14.0. The molecule has 0 bridgehead atoms. The normalized spacial score (nSPS) is 16.1. The second-order valence-corrected chi connectivity index (χ2v) is 4.59. The van der Waals surface area contributed by atoms with E-state index in [1.54, 1.807) is 7.11 Å². The van der Waals surface area contributed by atoms with Crippen LogP contribution in [0.2, 0.25) is 0 Å². The SMILES string of the molecule is CCNC(C)(CC(C)OCCCOC)C(=O)OC. The molecule has 0 heterocycles. The summed E-state index contributed by atoms with van der Waals surface area (Å²) in [5, 5.41) is 3.16. The second kappa shape index (κ2) is 9.30. The number of likely N-dealkylation sites (N-methyl/N-ethyl adjacent to an activating group) is 1. The number of methoxy groups -OCH3 is 2. The molecule has 0 saturated carbocycles. The van der Waals surface area contributed by atoms with Gasteiger partial charge in [-0.1, -0.05) is 6.92 Å². The maximum absolute atomic E-state index is 11.8. The Labute approximate surface area is 110 Å². The van der Waals surface area contributed by atoms with Gasteiger partial charge < -0.3 is 19.5 Å². The lowest BCUT2D eigenvalue weighted by molar-refractivity contribution is -0.149. The molecule has 0 radical (unpaired) electrons. The van der Waals surface area contributed by atoms with Crippen LogP contribution in [0.25, 0.3) is 0 Å². The standard InChI is InChI=1S/C13H27NO4/c1-6-14-13(3,12(15)17-5)10-11(2)18-9-7-8-16-4/h11,14H,6-10H2,1-5H3. The molecule has 0 aromatic rings. The van der Waals surface area contributed by atoms with Crippen molar-refractivity contribution in [2.24, 2.45) is 0 Å². The molecule has 0 saturated heterocycles. The monoisotopic (exact) mass is 261 g/mol. The van der Waals surface area contributed by atoms with Crippen molar-refractivity contribution in [3.05, 3.63) is 0 Å². The molecule has 5 nitrogen and oxygen atoms in total. The van der Waals surface area contributed by atoms with Gasteiger partial charge in [-0.3, -0.25) is 4.79 Å². The van der Waals surface area contributed by atoms with Crippen molar-refractivity contribution in [1.29, 1.82) is 0 Å². The van der Waals surface area contributed by atoms with Crippen LogP contribution in [0.15, 0.2) is 0 Å². The Morgan fingerprint density at radius 3 is 2.50 bits per heavy atom. The van der Waals surface area contributed by atoms with Crippen molar-refractivity contribution >= 4 is 5.97 Å². The Bertz CT molecular complexity index is 235. The zero-order valence-corrected chi connectivity index (χ0v) is 12.2. The predicted octanol–water partition coefficient (Wildman–Crippen LogP) is 1.36. The lowest BCUT2D eigenvalue weighted by Crippen LogP contribution is -2.52. The summed E-state index contributed by atoms with van der Waals surface area (Å²) in [7, 11) is 3.07. The molecule has 1 N–H and O–H groups in total. The summed E-state index contributed by atoms with van der Waals surface area (Å²) in [6.45, 7) is 7.81. The number of hydrogen-bond donors (Lipinski definition) is 1. The Morgan fingerprint density at radius 1 is 1.33 bits per heavy atom. The lowest BCUT2D eigenvalue weighted by atomic mass is 9.94. The number of carbonyl (C=O) groups is 1. The first kappa shape index (κ1) is 17.4. The van der Waals surface area contributed by atoms with Crippen LogP contribution in [-0.2, 0) is 19.0 Å². The highest BCUT2D eigenvalue weighted by Gasteiger charge is 2.35. The number of nitrogens with one attached hydrogen (secondary N) is 1. The third kappa shape index (κ3) is 6.33. The molecule has 0 amide bonds. The summed E-state index contributed by atoms with van der Waals surface area (Å²) in [4.78, 5) is 11.8. The van der Waals surface area contributed by atoms with Crippen LogP contribution < -0.4 is 5.32 Å². The lowest BCUT2D eigenvalue weighted by Gasteiger charge is -2.30. The van der Waals surface area contributed by atoms with Crippen molar-refractivity contribution < 1.29 is 19.0 Å². The number of hydrogen-bond acceptors (Lipinski definition) is 5. The average Bonchev–Trinajstić information content (AvgIpc) is 2.33. The van der Waals surface area contributed by atoms with Gasteiger partial charge in [-0.15, -0.1) is 0 Å². The Balaban J connectivity index is 4.18. The molecular formula is C13H27NO4. The van der Waals surface area contributed by atoms with Crippen LogP contribution in [0.5, 0.6) is 0 Å². The van der Waals surface area contributed by atoms with Gasteiger partial charge in [-0.05, 0) is 26.8 Å². The van der Waals surface area contributed by atoms with E-state index in [9.17, 15) is 4.79 Å². The van der Waals surface area contributed by atoms with E-state index in [1.165, 1.54) is 7.11 Å². The van der Waals surface area contributed by atoms with Gasteiger partial charge in [0.15, 0.2) is 0 Å². The quantitative estimate of drug-likeness (QED) is 0.475. The highest BCUT2D eigenvalue weighted by Crippen LogP contribution is 2.16. The molecule has 0 spiro atoms. The first-order chi connectivity index (χ1) is 8.50. The molecule has 2 atom stereocenters. The molecule has 0 rings (SSSR count). The van der Waals surface area contributed by atoms with E-state index in [0.29, 0.717) is 26.2 Å². The van der Waals surface area contributed by atoms with Gasteiger partial charge in [-0.25, -0.2) is 0 Å². The molecule has 2 unspecified atom stereocenters. The van der Waals surface area contributed by atoms with Gasteiger partial charge in [0.05, 0.1) is 13.2 Å². The predicted molar refractivity (Wildman–Crippen MR) is 70.6 cm³/mol. The highest BCUT2D eigenvalue weighted by atomic mass is 16.5. The summed E-state index contributed by atoms with van der Waals surface area (Å²) in [5.41, 5.74) is -0.690. The van der Waals surface area contributed by atoms with Crippen molar-refractivity contribution in [2.75, 3.05) is 34.0 Å². The number of esters is 1. The molecule has 108 valence electrons. The summed E-state index contributed by atoms with van der Waals surface area (Å²) >= 11 is 0. The van der Waals surface area contributed by atoms with Gasteiger partial charge in [0.1, 0.15) is 5.54 Å². The smallest absolute Gasteiger partial charge is 0.325 e. The van der Waals surface area contributed by atoms with Crippen LogP contribution >= 0.6 is 0 Å². The van der Waals surface area contributed by atoms with Gasteiger partial charge in [0.2, 0.25) is 0 Å². The molecule has 0 aromatic heterocycles. The second-order valence-electron chi connectivity index (χ2n) is 4.59. The number of carbonyl (C=O) groups excluding carboxylic acids is 1. The average molecular weight is 261 g/mol. The van der Waals surface area contributed by atoms with Crippen LogP contribution in [0.3, 0.4) is 0 Å². The maximum atomic E-state index is 11.8. The Hall–Kier alpha value is -0.650. The summed E-state index contributed by atoms with van der Waals surface area (Å²) in [6, 6.07) is 0. The first-order valence-corrected chi connectivity index (χ1v) is 6.44. The summed E-state index contributed by atoms with van der Waals surface area (Å²) in [6.07, 6.45) is 1.43. The third-order valence-corrected chi connectivity index (χ3v) is 2.79. The van der Waals surface area contributed by atoms with E-state index in [-0.39, 0.29) is 12.1 Å². The Morgan fingerprint density at radius 2 is 2.00 bits per heavy atom. The van der Waals surface area contributed by atoms with Crippen LogP contribution in [0.1, 0.15) is 33.6 Å². The van der Waals surface area contributed by atoms with Crippen molar-refractivity contribution in [3.8, 4) is 0 Å². The third-order valence-electron chi connectivity index (χ3n) is 2.79. The van der Waals surface area contributed by atoms with E-state index in [1.807, 2.05) is 20.8 Å². The van der Waals surface area contributed by atoms with Crippen LogP contribution in [-0.4, -0.2) is 51.6 Å². The van der Waals surface area contributed by atoms with E-state index in [0.717, 1.165) is 6.42 Å². The molecular weight excluding hydrogens is 234 g/mol. The minimum Gasteiger partial charge on any atom is -0.468 e. The molecule has 0 aliphatic carbocycles. The fourth-order valence-electron chi connectivity index (χ4n) is 1.96. The van der Waals surface area contributed by atoms with Crippen LogP contribution in [0, 0.1) is 0 Å². The molecule has 0 aliphatic rings. The van der Waals surface area contributed by atoms with Crippen molar-refractivity contribution in [1.82, 2.24) is 5.32 Å². The van der Waals surface area contributed by atoms with Crippen molar-refractivity contribution in [3.63, 3.8) is 0 Å². The maximum Gasteiger partial charge on any atom is 0.325 e. The summed E-state index contributed by atoms with van der Waals surface area (Å²) < 4.78 is 15.4. The van der Waals surface area contributed by atoms with Gasteiger partial charge in [0.25, 0.3) is 0 Å². The molecule has 0 aliphatic heterocycles. The fraction of sp³-hybridized carbons (Fsp3) is 0.923. The van der Waals surface area contributed by atoms with Crippen LogP contribution in [0.4, 0.5) is 0 Å². The number of ether oxygens (including phenoxy) is 3. The van der Waals surface area contributed by atoms with E-state index in [2.05, 4.69) is 5.32 Å². The highest BCUT2D eigenvalue weighted by molar-refractivity contribution is 5.80. The van der Waals surface area contributed by atoms with Gasteiger partial charge in [-0.2, -0.15) is 0 Å². The summed E-state index contributed by atoms with van der Waals surface area (Å²) in [5.74, 6) is -0.253. The minimum atomic E-state index is -0.690. The van der Waals surface area contributed by atoms with Gasteiger partial charge in [0, 0.05) is 26.7 Å². The first-order valence-electron chi connectivity index (χ1n) is 6.44. The van der Waals surface area contributed by atoms with Gasteiger partial charge >= 0.3 is 5.97 Å². The largest absolute Gasteiger partial charge is 0.468 e. The Kier molecular flexibility index (Phi) is 8.97.